The first kappa shape index (κ1) is 14.1. The lowest BCUT2D eigenvalue weighted by Gasteiger charge is -2.13. The van der Waals surface area contributed by atoms with Gasteiger partial charge in [-0.15, -0.1) is 0 Å². The van der Waals surface area contributed by atoms with Crippen LogP contribution in [-0.2, 0) is 11.2 Å². The van der Waals surface area contributed by atoms with Crippen LogP contribution in [0.25, 0.3) is 0 Å². The molecular formula is C16H14N2O4. The van der Waals surface area contributed by atoms with E-state index < -0.39 is 11.0 Å². The molecule has 0 spiro atoms. The zero-order valence-corrected chi connectivity index (χ0v) is 11.9. The molecule has 3 rings (SSSR count). The van der Waals surface area contributed by atoms with Crippen molar-refractivity contribution in [1.29, 1.82) is 0 Å². The number of carbonyl (C=O) groups is 1. The number of ether oxygens (including phenoxy) is 1. The number of non-ortho nitro benzene ring substituents is 1. The van der Waals surface area contributed by atoms with Crippen molar-refractivity contribution >= 4 is 17.3 Å². The number of para-hydroxylation sites is 1. The van der Waals surface area contributed by atoms with E-state index in [1.807, 2.05) is 24.3 Å². The molecular weight excluding hydrogens is 284 g/mol. The number of benzene rings is 2. The maximum absolute atomic E-state index is 12.3. The van der Waals surface area contributed by atoms with Gasteiger partial charge in [0.1, 0.15) is 5.75 Å². The Morgan fingerprint density at radius 2 is 2.09 bits per heavy atom. The monoisotopic (exact) mass is 298 g/mol. The molecule has 6 heteroatoms. The van der Waals surface area contributed by atoms with Gasteiger partial charge >= 0.3 is 0 Å². The molecule has 2 aromatic carbocycles. The quantitative estimate of drug-likeness (QED) is 0.698. The molecule has 1 atom stereocenters. The molecule has 112 valence electrons. The lowest BCUT2D eigenvalue weighted by atomic mass is 10.1. The summed E-state index contributed by atoms with van der Waals surface area (Å²) < 4.78 is 5.61. The van der Waals surface area contributed by atoms with Gasteiger partial charge in [0.2, 0.25) is 0 Å². The number of nitrogens with zero attached hydrogens (tertiary/aromatic N) is 1. The Bertz CT molecular complexity index is 733. The molecule has 0 bridgehead atoms. The summed E-state index contributed by atoms with van der Waals surface area (Å²) in [4.78, 5) is 22.6. The summed E-state index contributed by atoms with van der Waals surface area (Å²) in [7, 11) is 0. The van der Waals surface area contributed by atoms with Crippen molar-refractivity contribution in [2.75, 3.05) is 5.32 Å². The van der Waals surface area contributed by atoms with E-state index in [4.69, 9.17) is 4.74 Å². The summed E-state index contributed by atoms with van der Waals surface area (Å²) >= 11 is 0. The minimum atomic E-state index is -0.615. The first-order chi connectivity index (χ1) is 10.5. The number of hydrogen-bond acceptors (Lipinski definition) is 4. The summed E-state index contributed by atoms with van der Waals surface area (Å²) in [6.45, 7) is 1.78. The van der Waals surface area contributed by atoms with Crippen LogP contribution in [0, 0.1) is 17.0 Å². The molecule has 1 heterocycles. The summed E-state index contributed by atoms with van der Waals surface area (Å²) in [5.41, 5.74) is 2.11. The average molecular weight is 298 g/mol. The lowest BCUT2D eigenvalue weighted by Crippen LogP contribution is -2.31. The fourth-order valence-corrected chi connectivity index (χ4v) is 2.40. The van der Waals surface area contributed by atoms with Gasteiger partial charge in [0.15, 0.2) is 6.10 Å². The van der Waals surface area contributed by atoms with Crippen LogP contribution in [0.15, 0.2) is 42.5 Å². The normalized spacial score (nSPS) is 15.8. The Morgan fingerprint density at radius 3 is 2.82 bits per heavy atom. The van der Waals surface area contributed by atoms with E-state index in [0.717, 1.165) is 11.1 Å². The number of aryl methyl sites for hydroxylation is 1. The Kier molecular flexibility index (Phi) is 3.50. The molecule has 1 N–H and O–H groups in total. The van der Waals surface area contributed by atoms with E-state index in [-0.39, 0.29) is 11.6 Å². The molecule has 0 saturated heterocycles. The minimum Gasteiger partial charge on any atom is -0.480 e. The van der Waals surface area contributed by atoms with Crippen molar-refractivity contribution in [2.24, 2.45) is 0 Å². The number of hydrogen-bond donors (Lipinski definition) is 1. The number of nitrogens with one attached hydrogen (secondary N) is 1. The first-order valence-electron chi connectivity index (χ1n) is 6.85. The highest BCUT2D eigenvalue weighted by Crippen LogP contribution is 2.29. The maximum atomic E-state index is 12.3. The lowest BCUT2D eigenvalue weighted by molar-refractivity contribution is -0.384. The number of anilines is 1. The molecule has 2 aromatic rings. The van der Waals surface area contributed by atoms with Crippen molar-refractivity contribution in [1.82, 2.24) is 0 Å². The molecule has 22 heavy (non-hydrogen) atoms. The van der Waals surface area contributed by atoms with Crippen molar-refractivity contribution in [2.45, 2.75) is 19.4 Å². The smallest absolute Gasteiger partial charge is 0.271 e. The van der Waals surface area contributed by atoms with Gasteiger partial charge in [-0.25, -0.2) is 0 Å². The average Bonchev–Trinajstić information content (AvgIpc) is 2.93. The predicted molar refractivity (Wildman–Crippen MR) is 81.0 cm³/mol. The standard InChI is InChI=1S/C16H14N2O4/c1-10-6-7-12(18(20)21)9-13(10)17-16(19)15-8-11-4-2-3-5-14(11)22-15/h2-7,9,15H,8H2,1H3,(H,17,19)/t15-/m0/s1. The van der Waals surface area contributed by atoms with Crippen molar-refractivity contribution in [3.05, 3.63) is 63.7 Å². The van der Waals surface area contributed by atoms with Crippen molar-refractivity contribution in [3.8, 4) is 5.75 Å². The van der Waals surface area contributed by atoms with E-state index in [0.29, 0.717) is 17.9 Å². The zero-order valence-electron chi connectivity index (χ0n) is 11.9. The Balaban J connectivity index is 1.76. The van der Waals surface area contributed by atoms with Gasteiger partial charge in [0.25, 0.3) is 11.6 Å². The largest absolute Gasteiger partial charge is 0.480 e. The maximum Gasteiger partial charge on any atom is 0.271 e. The predicted octanol–water partition coefficient (Wildman–Crippen LogP) is 2.85. The van der Waals surface area contributed by atoms with Crippen LogP contribution in [0.3, 0.4) is 0 Å². The van der Waals surface area contributed by atoms with Crippen LogP contribution in [0.1, 0.15) is 11.1 Å². The first-order valence-corrected chi connectivity index (χ1v) is 6.85. The molecule has 6 nitrogen and oxygen atoms in total. The molecule has 0 unspecified atom stereocenters. The number of nitro groups is 1. The molecule has 0 aliphatic carbocycles. The van der Waals surface area contributed by atoms with Crippen LogP contribution in [0.2, 0.25) is 0 Å². The van der Waals surface area contributed by atoms with Crippen LogP contribution in [-0.4, -0.2) is 16.9 Å². The summed E-state index contributed by atoms with van der Waals surface area (Å²) in [5.74, 6) is 0.401. The second kappa shape index (κ2) is 5.48. The number of nitro benzene ring substituents is 1. The van der Waals surface area contributed by atoms with Gasteiger partial charge < -0.3 is 10.1 Å². The van der Waals surface area contributed by atoms with Gasteiger partial charge in [-0.2, -0.15) is 0 Å². The van der Waals surface area contributed by atoms with E-state index >= 15 is 0 Å². The van der Waals surface area contributed by atoms with Crippen LogP contribution in [0.5, 0.6) is 5.75 Å². The summed E-state index contributed by atoms with van der Waals surface area (Å²) in [6.07, 6.45) is -0.119. The molecule has 1 amide bonds. The molecule has 0 radical (unpaired) electrons. The van der Waals surface area contributed by atoms with E-state index in [1.54, 1.807) is 13.0 Å². The molecule has 1 aliphatic rings. The summed E-state index contributed by atoms with van der Waals surface area (Å²) in [5, 5.41) is 13.5. The van der Waals surface area contributed by atoms with Gasteiger partial charge in [-0.3, -0.25) is 14.9 Å². The highest BCUT2D eigenvalue weighted by molar-refractivity contribution is 5.96. The SMILES string of the molecule is Cc1ccc([N+](=O)[O-])cc1NC(=O)[C@@H]1Cc2ccccc2O1. The topological polar surface area (TPSA) is 81.5 Å². The third-order valence-corrected chi connectivity index (χ3v) is 3.63. The summed E-state index contributed by atoms with van der Waals surface area (Å²) in [6, 6.07) is 11.9. The minimum absolute atomic E-state index is 0.0588. The zero-order chi connectivity index (χ0) is 15.7. The van der Waals surface area contributed by atoms with Gasteiger partial charge in [0, 0.05) is 18.6 Å². The molecule has 1 aliphatic heterocycles. The highest BCUT2D eigenvalue weighted by atomic mass is 16.6. The number of carbonyl (C=O) groups excluding carboxylic acids is 1. The fraction of sp³-hybridized carbons (Fsp3) is 0.188. The highest BCUT2D eigenvalue weighted by Gasteiger charge is 2.29. The van der Waals surface area contributed by atoms with Crippen molar-refractivity contribution < 1.29 is 14.5 Å². The van der Waals surface area contributed by atoms with E-state index in [2.05, 4.69) is 5.32 Å². The molecule has 0 aromatic heterocycles. The van der Waals surface area contributed by atoms with Crippen LogP contribution >= 0.6 is 0 Å². The third-order valence-electron chi connectivity index (χ3n) is 3.63. The Hall–Kier alpha value is -2.89. The van der Waals surface area contributed by atoms with Gasteiger partial charge in [-0.05, 0) is 24.1 Å². The van der Waals surface area contributed by atoms with Gasteiger partial charge in [0.05, 0.1) is 10.6 Å². The van der Waals surface area contributed by atoms with Crippen LogP contribution in [0.4, 0.5) is 11.4 Å². The third kappa shape index (κ3) is 2.63. The second-order valence-electron chi connectivity index (χ2n) is 5.16. The molecule has 0 fully saturated rings. The fourth-order valence-electron chi connectivity index (χ4n) is 2.40. The Morgan fingerprint density at radius 1 is 1.32 bits per heavy atom. The van der Waals surface area contributed by atoms with Crippen LogP contribution < -0.4 is 10.1 Å². The van der Waals surface area contributed by atoms with E-state index in [9.17, 15) is 14.9 Å². The molecule has 0 saturated carbocycles. The Labute approximate surface area is 126 Å². The van der Waals surface area contributed by atoms with Crippen molar-refractivity contribution in [3.63, 3.8) is 0 Å². The van der Waals surface area contributed by atoms with E-state index in [1.165, 1.54) is 12.1 Å². The number of amides is 1. The number of fused-ring (bicyclic) bond motifs is 1. The van der Waals surface area contributed by atoms with Gasteiger partial charge in [-0.1, -0.05) is 24.3 Å². The second-order valence-corrected chi connectivity index (χ2v) is 5.16. The number of rotatable bonds is 3.